The van der Waals surface area contributed by atoms with E-state index in [0.717, 1.165) is 5.69 Å². The maximum atomic E-state index is 11.0. The SMILES string of the molecule is O=C(O)c1ccccc1N1C=CC=CC1. The number of carboxylic acid groups (broad SMARTS) is 1. The van der Waals surface area contributed by atoms with Gasteiger partial charge in [0.1, 0.15) is 0 Å². The second-order valence-corrected chi connectivity index (χ2v) is 3.24. The summed E-state index contributed by atoms with van der Waals surface area (Å²) in [5.74, 6) is -0.895. The second kappa shape index (κ2) is 4.00. The van der Waals surface area contributed by atoms with Crippen LogP contribution in [0, 0.1) is 0 Å². The molecule has 0 atom stereocenters. The van der Waals surface area contributed by atoms with Gasteiger partial charge in [0, 0.05) is 12.7 Å². The number of carboxylic acids is 1. The van der Waals surface area contributed by atoms with Gasteiger partial charge < -0.3 is 10.0 Å². The molecule has 3 heteroatoms. The lowest BCUT2D eigenvalue weighted by molar-refractivity contribution is 0.0697. The van der Waals surface area contributed by atoms with Crippen molar-refractivity contribution in [3.8, 4) is 0 Å². The molecule has 15 heavy (non-hydrogen) atoms. The number of para-hydroxylation sites is 1. The maximum absolute atomic E-state index is 11.0. The highest BCUT2D eigenvalue weighted by Crippen LogP contribution is 2.21. The molecule has 3 nitrogen and oxygen atoms in total. The third kappa shape index (κ3) is 1.91. The molecular weight excluding hydrogens is 190 g/mol. The Morgan fingerprint density at radius 3 is 2.73 bits per heavy atom. The van der Waals surface area contributed by atoms with E-state index in [1.165, 1.54) is 0 Å². The van der Waals surface area contributed by atoms with E-state index in [1.54, 1.807) is 12.1 Å². The largest absolute Gasteiger partial charge is 0.478 e. The van der Waals surface area contributed by atoms with E-state index in [-0.39, 0.29) is 0 Å². The Hall–Kier alpha value is -2.03. The Morgan fingerprint density at radius 2 is 2.07 bits per heavy atom. The second-order valence-electron chi connectivity index (χ2n) is 3.24. The van der Waals surface area contributed by atoms with Crippen LogP contribution in [0.15, 0.2) is 48.7 Å². The predicted molar refractivity (Wildman–Crippen MR) is 59.0 cm³/mol. The van der Waals surface area contributed by atoms with Crippen LogP contribution in [0.4, 0.5) is 5.69 Å². The highest BCUT2D eigenvalue weighted by molar-refractivity contribution is 5.94. The topological polar surface area (TPSA) is 40.5 Å². The molecule has 0 fully saturated rings. The van der Waals surface area contributed by atoms with Crippen molar-refractivity contribution >= 4 is 11.7 Å². The maximum Gasteiger partial charge on any atom is 0.337 e. The number of hydrogen-bond acceptors (Lipinski definition) is 2. The van der Waals surface area contributed by atoms with Gasteiger partial charge in [-0.25, -0.2) is 4.79 Å². The minimum atomic E-state index is -0.895. The van der Waals surface area contributed by atoms with Gasteiger partial charge in [-0.1, -0.05) is 24.3 Å². The van der Waals surface area contributed by atoms with Crippen LogP contribution in [-0.2, 0) is 0 Å². The summed E-state index contributed by atoms with van der Waals surface area (Å²) in [6.07, 6.45) is 7.70. The first kappa shape index (κ1) is 9.52. The summed E-state index contributed by atoms with van der Waals surface area (Å²) in [5, 5.41) is 9.03. The zero-order valence-electron chi connectivity index (χ0n) is 8.13. The van der Waals surface area contributed by atoms with Crippen LogP contribution >= 0.6 is 0 Å². The average Bonchev–Trinajstić information content (AvgIpc) is 2.30. The lowest BCUT2D eigenvalue weighted by Gasteiger charge is -2.22. The Bertz CT molecular complexity index is 435. The molecule has 1 aromatic carbocycles. The first-order valence-electron chi connectivity index (χ1n) is 4.71. The first-order chi connectivity index (χ1) is 7.29. The molecule has 0 aromatic heterocycles. The molecule has 0 spiro atoms. The van der Waals surface area contributed by atoms with Gasteiger partial charge in [0.25, 0.3) is 0 Å². The summed E-state index contributed by atoms with van der Waals surface area (Å²) in [6, 6.07) is 7.00. The summed E-state index contributed by atoms with van der Waals surface area (Å²) < 4.78 is 0. The van der Waals surface area contributed by atoms with Gasteiger partial charge in [-0.05, 0) is 18.2 Å². The third-order valence-electron chi connectivity index (χ3n) is 2.26. The van der Waals surface area contributed by atoms with Crippen LogP contribution in [0.3, 0.4) is 0 Å². The molecule has 76 valence electrons. The number of nitrogens with zero attached hydrogens (tertiary/aromatic N) is 1. The van der Waals surface area contributed by atoms with Crippen molar-refractivity contribution in [1.29, 1.82) is 0 Å². The number of rotatable bonds is 2. The zero-order valence-corrected chi connectivity index (χ0v) is 8.13. The number of carbonyl (C=O) groups is 1. The van der Waals surface area contributed by atoms with Crippen LogP contribution < -0.4 is 4.90 Å². The summed E-state index contributed by atoms with van der Waals surface area (Å²) in [6.45, 7) is 0.709. The molecule has 0 radical (unpaired) electrons. The van der Waals surface area contributed by atoms with Gasteiger partial charge in [0.05, 0.1) is 11.3 Å². The predicted octanol–water partition coefficient (Wildman–Crippen LogP) is 2.27. The number of hydrogen-bond donors (Lipinski definition) is 1. The average molecular weight is 201 g/mol. The van der Waals surface area contributed by atoms with Crippen LogP contribution in [0.1, 0.15) is 10.4 Å². The van der Waals surface area contributed by atoms with Crippen molar-refractivity contribution in [2.24, 2.45) is 0 Å². The third-order valence-corrected chi connectivity index (χ3v) is 2.26. The minimum Gasteiger partial charge on any atom is -0.478 e. The number of benzene rings is 1. The van der Waals surface area contributed by atoms with Crippen LogP contribution in [0.25, 0.3) is 0 Å². The molecule has 0 amide bonds. The quantitative estimate of drug-likeness (QED) is 0.798. The molecule has 1 heterocycles. The van der Waals surface area contributed by atoms with Gasteiger partial charge in [-0.2, -0.15) is 0 Å². The highest BCUT2D eigenvalue weighted by atomic mass is 16.4. The van der Waals surface area contributed by atoms with Crippen molar-refractivity contribution in [2.45, 2.75) is 0 Å². The standard InChI is InChI=1S/C12H11NO2/c14-12(15)10-6-2-3-7-11(10)13-8-4-1-5-9-13/h1-8H,9H2,(H,14,15). The molecule has 0 saturated carbocycles. The van der Waals surface area contributed by atoms with Crippen LogP contribution in [0.2, 0.25) is 0 Å². The van der Waals surface area contributed by atoms with Crippen molar-refractivity contribution in [2.75, 3.05) is 11.4 Å². The fourth-order valence-corrected chi connectivity index (χ4v) is 1.55. The van der Waals surface area contributed by atoms with Gasteiger partial charge in [-0.15, -0.1) is 0 Å². The lowest BCUT2D eigenvalue weighted by Crippen LogP contribution is -2.20. The lowest BCUT2D eigenvalue weighted by atomic mass is 10.1. The minimum absolute atomic E-state index is 0.331. The summed E-state index contributed by atoms with van der Waals surface area (Å²) >= 11 is 0. The van der Waals surface area contributed by atoms with Crippen molar-refractivity contribution < 1.29 is 9.90 Å². The fraction of sp³-hybridized carbons (Fsp3) is 0.0833. The molecular formula is C12H11NO2. The summed E-state index contributed by atoms with van der Waals surface area (Å²) in [4.78, 5) is 12.9. The van der Waals surface area contributed by atoms with Gasteiger partial charge in [0.2, 0.25) is 0 Å². The van der Waals surface area contributed by atoms with E-state index in [1.807, 2.05) is 41.5 Å². The summed E-state index contributed by atoms with van der Waals surface area (Å²) in [5.41, 5.74) is 1.06. The van der Waals surface area contributed by atoms with Gasteiger partial charge in [-0.3, -0.25) is 0 Å². The van der Waals surface area contributed by atoms with Gasteiger partial charge in [0.15, 0.2) is 0 Å². The van der Waals surface area contributed by atoms with E-state index >= 15 is 0 Å². The van der Waals surface area contributed by atoms with E-state index in [0.29, 0.717) is 12.1 Å². The number of aromatic carboxylic acids is 1. The first-order valence-corrected chi connectivity index (χ1v) is 4.71. The molecule has 1 N–H and O–H groups in total. The normalized spacial score (nSPS) is 14.3. The molecule has 1 aromatic rings. The molecule has 0 saturated heterocycles. The Kier molecular flexibility index (Phi) is 2.54. The Morgan fingerprint density at radius 1 is 1.27 bits per heavy atom. The molecule has 0 bridgehead atoms. The van der Waals surface area contributed by atoms with Crippen molar-refractivity contribution in [3.63, 3.8) is 0 Å². The molecule has 2 rings (SSSR count). The van der Waals surface area contributed by atoms with Crippen LogP contribution in [0.5, 0.6) is 0 Å². The van der Waals surface area contributed by atoms with E-state index in [9.17, 15) is 4.79 Å². The molecule has 1 aliphatic heterocycles. The number of allylic oxidation sites excluding steroid dienone is 2. The van der Waals surface area contributed by atoms with Crippen molar-refractivity contribution in [1.82, 2.24) is 0 Å². The summed E-state index contributed by atoms with van der Waals surface area (Å²) in [7, 11) is 0. The fourth-order valence-electron chi connectivity index (χ4n) is 1.55. The molecule has 1 aliphatic rings. The number of anilines is 1. The van der Waals surface area contributed by atoms with Crippen molar-refractivity contribution in [3.05, 3.63) is 54.3 Å². The molecule has 0 aliphatic carbocycles. The Labute approximate surface area is 88.0 Å². The van der Waals surface area contributed by atoms with E-state index in [2.05, 4.69) is 0 Å². The van der Waals surface area contributed by atoms with Crippen LogP contribution in [-0.4, -0.2) is 17.6 Å². The van der Waals surface area contributed by atoms with E-state index < -0.39 is 5.97 Å². The smallest absolute Gasteiger partial charge is 0.337 e. The Balaban J connectivity index is 2.39. The zero-order chi connectivity index (χ0) is 10.7. The van der Waals surface area contributed by atoms with E-state index in [4.69, 9.17) is 5.11 Å². The highest BCUT2D eigenvalue weighted by Gasteiger charge is 2.13. The van der Waals surface area contributed by atoms with Gasteiger partial charge >= 0.3 is 5.97 Å². The monoisotopic (exact) mass is 201 g/mol. The molecule has 0 unspecified atom stereocenters.